The van der Waals surface area contributed by atoms with Crippen molar-refractivity contribution in [3.05, 3.63) is 99.6 Å². The largest absolute Gasteiger partial charge is 0.271 e. The Hall–Kier alpha value is -3.24. The Morgan fingerprint density at radius 2 is 1.54 bits per heavy atom. The van der Waals surface area contributed by atoms with Crippen molar-refractivity contribution in [1.29, 1.82) is 0 Å². The van der Waals surface area contributed by atoms with Crippen molar-refractivity contribution in [3.63, 3.8) is 0 Å². The summed E-state index contributed by atoms with van der Waals surface area (Å²) in [7, 11) is 0. The molecule has 0 aliphatic carbocycles. The average molecular weight is 390 g/mol. The van der Waals surface area contributed by atoms with Gasteiger partial charge in [-0.15, -0.1) is 0 Å². The SMILES string of the molecule is Cc1ccc(N=Cc2ccc(C=NNC(=O)c3ccc(Cl)cc3)cc2)c(C)c1. The molecule has 140 valence electrons. The van der Waals surface area contributed by atoms with E-state index in [-0.39, 0.29) is 5.91 Å². The monoisotopic (exact) mass is 389 g/mol. The molecule has 0 spiro atoms. The smallest absolute Gasteiger partial charge is 0.267 e. The molecule has 1 amide bonds. The zero-order chi connectivity index (χ0) is 19.9. The van der Waals surface area contributed by atoms with Crippen molar-refractivity contribution in [2.24, 2.45) is 10.1 Å². The van der Waals surface area contributed by atoms with Crippen LogP contribution in [0.25, 0.3) is 0 Å². The van der Waals surface area contributed by atoms with E-state index in [4.69, 9.17) is 11.6 Å². The first kappa shape index (κ1) is 19.5. The molecule has 0 bridgehead atoms. The fraction of sp³-hybridized carbons (Fsp3) is 0.0870. The molecule has 0 aromatic heterocycles. The number of hydrogen-bond donors (Lipinski definition) is 1. The summed E-state index contributed by atoms with van der Waals surface area (Å²) < 4.78 is 0. The highest BCUT2D eigenvalue weighted by Crippen LogP contribution is 2.19. The van der Waals surface area contributed by atoms with Crippen LogP contribution in [0.5, 0.6) is 0 Å². The molecule has 1 N–H and O–H groups in total. The number of aliphatic imine (C=N–C) groups is 1. The summed E-state index contributed by atoms with van der Waals surface area (Å²) in [6.07, 6.45) is 3.43. The van der Waals surface area contributed by atoms with Crippen molar-refractivity contribution >= 4 is 35.6 Å². The molecule has 0 aliphatic rings. The molecule has 0 unspecified atom stereocenters. The third-order valence-electron chi connectivity index (χ3n) is 4.13. The number of carbonyl (C=O) groups excluding carboxylic acids is 1. The number of amides is 1. The number of aryl methyl sites for hydroxylation is 2. The third kappa shape index (κ3) is 5.38. The van der Waals surface area contributed by atoms with Crippen molar-refractivity contribution in [2.75, 3.05) is 0 Å². The minimum atomic E-state index is -0.287. The van der Waals surface area contributed by atoms with E-state index in [0.29, 0.717) is 10.6 Å². The van der Waals surface area contributed by atoms with Crippen molar-refractivity contribution in [2.45, 2.75) is 13.8 Å². The molecule has 3 rings (SSSR count). The molecule has 28 heavy (non-hydrogen) atoms. The van der Waals surface area contributed by atoms with Gasteiger partial charge in [-0.1, -0.05) is 53.6 Å². The summed E-state index contributed by atoms with van der Waals surface area (Å²) in [4.78, 5) is 16.5. The van der Waals surface area contributed by atoms with Crippen LogP contribution in [-0.2, 0) is 0 Å². The Morgan fingerprint density at radius 3 is 2.18 bits per heavy atom. The molecule has 3 aromatic rings. The highest BCUT2D eigenvalue weighted by atomic mass is 35.5. The quantitative estimate of drug-likeness (QED) is 0.456. The van der Waals surface area contributed by atoms with Crippen LogP contribution < -0.4 is 5.43 Å². The highest BCUT2D eigenvalue weighted by Gasteiger charge is 2.03. The van der Waals surface area contributed by atoms with Crippen LogP contribution in [0.1, 0.15) is 32.6 Å². The molecule has 0 atom stereocenters. The van der Waals surface area contributed by atoms with E-state index in [0.717, 1.165) is 22.4 Å². The lowest BCUT2D eigenvalue weighted by molar-refractivity contribution is 0.0955. The minimum Gasteiger partial charge on any atom is -0.267 e. The average Bonchev–Trinajstić information content (AvgIpc) is 2.69. The van der Waals surface area contributed by atoms with E-state index in [1.165, 1.54) is 5.56 Å². The van der Waals surface area contributed by atoms with Gasteiger partial charge in [0, 0.05) is 16.8 Å². The number of nitrogens with one attached hydrogen (secondary N) is 1. The topological polar surface area (TPSA) is 53.8 Å². The van der Waals surface area contributed by atoms with Crippen LogP contribution in [-0.4, -0.2) is 18.3 Å². The van der Waals surface area contributed by atoms with E-state index in [2.05, 4.69) is 41.5 Å². The number of benzene rings is 3. The second-order valence-electron chi connectivity index (χ2n) is 6.42. The van der Waals surface area contributed by atoms with Gasteiger partial charge in [0.1, 0.15) is 0 Å². The summed E-state index contributed by atoms with van der Waals surface area (Å²) in [5.74, 6) is -0.287. The summed E-state index contributed by atoms with van der Waals surface area (Å²) in [6.45, 7) is 4.12. The molecule has 0 heterocycles. The van der Waals surface area contributed by atoms with E-state index >= 15 is 0 Å². The van der Waals surface area contributed by atoms with Crippen LogP contribution in [0.3, 0.4) is 0 Å². The van der Waals surface area contributed by atoms with Crippen LogP contribution in [0, 0.1) is 13.8 Å². The fourth-order valence-corrected chi connectivity index (χ4v) is 2.72. The zero-order valence-corrected chi connectivity index (χ0v) is 16.4. The molecule has 5 heteroatoms. The van der Waals surface area contributed by atoms with Gasteiger partial charge in [-0.05, 0) is 60.9 Å². The lowest BCUT2D eigenvalue weighted by Gasteiger charge is -2.01. The van der Waals surface area contributed by atoms with Gasteiger partial charge in [-0.3, -0.25) is 9.79 Å². The Labute approximate surface area is 169 Å². The van der Waals surface area contributed by atoms with Crippen LogP contribution in [0.4, 0.5) is 5.69 Å². The van der Waals surface area contributed by atoms with Gasteiger partial charge >= 0.3 is 0 Å². The molecular formula is C23H20ClN3O. The van der Waals surface area contributed by atoms with Gasteiger partial charge in [0.05, 0.1) is 11.9 Å². The first-order valence-electron chi connectivity index (χ1n) is 8.81. The van der Waals surface area contributed by atoms with Crippen LogP contribution in [0.2, 0.25) is 5.02 Å². The van der Waals surface area contributed by atoms with Crippen LogP contribution in [0.15, 0.2) is 76.8 Å². The summed E-state index contributed by atoms with van der Waals surface area (Å²) in [6, 6.07) is 20.6. The zero-order valence-electron chi connectivity index (χ0n) is 15.7. The van der Waals surface area contributed by atoms with E-state index in [9.17, 15) is 4.79 Å². The second kappa shape index (κ2) is 9.11. The van der Waals surface area contributed by atoms with Crippen molar-refractivity contribution < 1.29 is 4.79 Å². The predicted octanol–water partition coefficient (Wildman–Crippen LogP) is 5.47. The number of halogens is 1. The van der Waals surface area contributed by atoms with Gasteiger partial charge in [-0.2, -0.15) is 5.10 Å². The standard InChI is InChI=1S/C23H20ClN3O/c1-16-3-12-22(17(2)13-16)25-14-18-4-6-19(7-5-18)15-26-27-23(28)20-8-10-21(24)11-9-20/h3-15H,1-2H3,(H,27,28). The van der Waals surface area contributed by atoms with Gasteiger partial charge in [0.2, 0.25) is 0 Å². The lowest BCUT2D eigenvalue weighted by atomic mass is 10.1. The molecule has 0 saturated carbocycles. The molecule has 4 nitrogen and oxygen atoms in total. The normalized spacial score (nSPS) is 11.2. The number of hydrazone groups is 1. The lowest BCUT2D eigenvalue weighted by Crippen LogP contribution is -2.17. The van der Waals surface area contributed by atoms with Gasteiger partial charge < -0.3 is 0 Å². The number of carbonyl (C=O) groups is 1. The van der Waals surface area contributed by atoms with Crippen LogP contribution >= 0.6 is 11.6 Å². The Bertz CT molecular complexity index is 1020. The molecule has 3 aromatic carbocycles. The maximum atomic E-state index is 12.0. The van der Waals surface area contributed by atoms with Crippen molar-refractivity contribution in [3.8, 4) is 0 Å². The predicted molar refractivity (Wildman–Crippen MR) is 116 cm³/mol. The summed E-state index contributed by atoms with van der Waals surface area (Å²) in [5.41, 5.74) is 8.20. The highest BCUT2D eigenvalue weighted by molar-refractivity contribution is 6.30. The van der Waals surface area contributed by atoms with E-state index < -0.39 is 0 Å². The van der Waals surface area contributed by atoms with Crippen molar-refractivity contribution in [1.82, 2.24) is 5.43 Å². The van der Waals surface area contributed by atoms with E-state index in [1.54, 1.807) is 30.5 Å². The molecule has 0 radical (unpaired) electrons. The Morgan fingerprint density at radius 1 is 0.893 bits per heavy atom. The summed E-state index contributed by atoms with van der Waals surface area (Å²) in [5, 5.41) is 4.58. The fourth-order valence-electron chi connectivity index (χ4n) is 2.59. The maximum Gasteiger partial charge on any atom is 0.271 e. The minimum absolute atomic E-state index is 0.287. The van der Waals surface area contributed by atoms with E-state index in [1.807, 2.05) is 36.5 Å². The Balaban J connectivity index is 1.59. The summed E-state index contributed by atoms with van der Waals surface area (Å²) >= 11 is 5.81. The second-order valence-corrected chi connectivity index (χ2v) is 6.86. The number of nitrogens with zero attached hydrogens (tertiary/aromatic N) is 2. The van der Waals surface area contributed by atoms with Gasteiger partial charge in [0.15, 0.2) is 0 Å². The molecule has 0 fully saturated rings. The molecular weight excluding hydrogens is 370 g/mol. The number of hydrogen-bond acceptors (Lipinski definition) is 3. The third-order valence-corrected chi connectivity index (χ3v) is 4.38. The van der Waals surface area contributed by atoms with Gasteiger partial charge in [0.25, 0.3) is 5.91 Å². The molecule has 0 aliphatic heterocycles. The maximum absolute atomic E-state index is 12.0. The Kier molecular flexibility index (Phi) is 6.35. The van der Waals surface area contributed by atoms with Gasteiger partial charge in [-0.25, -0.2) is 5.43 Å². The first-order chi connectivity index (χ1) is 13.5. The number of rotatable bonds is 5. The first-order valence-corrected chi connectivity index (χ1v) is 9.19. The molecule has 0 saturated heterocycles.